The fraction of sp³-hybridized carbons (Fsp3) is 0.571. The van der Waals surface area contributed by atoms with Gasteiger partial charge in [0.1, 0.15) is 0 Å². The number of rotatable bonds is 2. The number of halogens is 3. The Morgan fingerprint density at radius 3 is 2.39 bits per heavy atom. The number of hydrogen-bond donors (Lipinski definition) is 1. The molecule has 1 aliphatic carbocycles. The van der Waals surface area contributed by atoms with Gasteiger partial charge in [-0.2, -0.15) is 0 Å². The average Bonchev–Trinajstić information content (AvgIpc) is 2.24. The number of nitrogens with one attached hydrogen (secondary N) is 1. The van der Waals surface area contributed by atoms with Crippen LogP contribution >= 0.6 is 39.1 Å². The van der Waals surface area contributed by atoms with Crippen LogP contribution in [0.1, 0.15) is 39.5 Å². The molecule has 0 aliphatic heterocycles. The Balaban J connectivity index is 2.23. The van der Waals surface area contributed by atoms with Gasteiger partial charge >= 0.3 is 0 Å². The summed E-state index contributed by atoms with van der Waals surface area (Å²) in [5, 5.41) is 4.90. The van der Waals surface area contributed by atoms with Crippen molar-refractivity contribution in [2.24, 2.45) is 5.41 Å². The number of benzene rings is 1. The molecule has 0 amide bonds. The topological polar surface area (TPSA) is 12.0 Å². The molecule has 0 heterocycles. The third-order valence-corrected chi connectivity index (χ3v) is 4.89. The molecule has 1 saturated carbocycles. The van der Waals surface area contributed by atoms with Gasteiger partial charge in [0.15, 0.2) is 0 Å². The lowest BCUT2D eigenvalue weighted by molar-refractivity contribution is 0.217. The fourth-order valence-corrected chi connectivity index (χ4v) is 3.93. The second-order valence-electron chi connectivity index (χ2n) is 5.68. The summed E-state index contributed by atoms with van der Waals surface area (Å²) in [6, 6.07) is 4.19. The van der Waals surface area contributed by atoms with Crippen LogP contribution < -0.4 is 5.32 Å². The zero-order chi connectivity index (χ0) is 13.3. The average molecular weight is 351 g/mol. The van der Waals surface area contributed by atoms with E-state index < -0.39 is 0 Å². The standard InChI is InChI=1S/C14H18BrCl2N/c1-14(2)6-4-3-5-12(14)18-13-10(16)7-9(15)8-11(13)17/h7-8,12,18H,3-6H2,1-2H3. The molecule has 0 spiro atoms. The first-order valence-corrected chi connectivity index (χ1v) is 7.86. The summed E-state index contributed by atoms with van der Waals surface area (Å²) in [6.45, 7) is 4.62. The highest BCUT2D eigenvalue weighted by atomic mass is 79.9. The molecule has 1 fully saturated rings. The Morgan fingerprint density at radius 2 is 1.83 bits per heavy atom. The van der Waals surface area contributed by atoms with Crippen LogP contribution in [0.3, 0.4) is 0 Å². The van der Waals surface area contributed by atoms with E-state index in [1.165, 1.54) is 25.7 Å². The predicted molar refractivity (Wildman–Crippen MR) is 83.8 cm³/mol. The molecule has 1 N–H and O–H groups in total. The Kier molecular flexibility index (Phi) is 4.51. The molecule has 1 aromatic rings. The van der Waals surface area contributed by atoms with E-state index in [2.05, 4.69) is 35.1 Å². The van der Waals surface area contributed by atoms with Gasteiger partial charge in [-0.25, -0.2) is 0 Å². The summed E-state index contributed by atoms with van der Waals surface area (Å²) in [5.74, 6) is 0. The van der Waals surface area contributed by atoms with E-state index in [9.17, 15) is 0 Å². The van der Waals surface area contributed by atoms with Gasteiger partial charge in [0, 0.05) is 10.5 Å². The minimum atomic E-state index is 0.290. The molecule has 0 saturated heterocycles. The zero-order valence-electron chi connectivity index (χ0n) is 10.7. The number of anilines is 1. The van der Waals surface area contributed by atoms with Crippen LogP contribution in [0.5, 0.6) is 0 Å². The van der Waals surface area contributed by atoms with E-state index in [1.807, 2.05) is 12.1 Å². The first-order valence-electron chi connectivity index (χ1n) is 6.31. The summed E-state index contributed by atoms with van der Waals surface area (Å²) < 4.78 is 0.908. The largest absolute Gasteiger partial charge is 0.379 e. The molecule has 1 unspecified atom stereocenters. The van der Waals surface area contributed by atoms with E-state index in [1.54, 1.807) is 0 Å². The molecule has 0 bridgehead atoms. The van der Waals surface area contributed by atoms with E-state index >= 15 is 0 Å². The third kappa shape index (κ3) is 3.15. The molecular formula is C14H18BrCl2N. The highest BCUT2D eigenvalue weighted by molar-refractivity contribution is 9.10. The zero-order valence-corrected chi connectivity index (χ0v) is 13.8. The summed E-state index contributed by atoms with van der Waals surface area (Å²) >= 11 is 15.9. The van der Waals surface area contributed by atoms with Gasteiger partial charge in [-0.05, 0) is 30.4 Å². The Bertz CT molecular complexity index is 422. The maximum Gasteiger partial charge on any atom is 0.0722 e. The van der Waals surface area contributed by atoms with Crippen LogP contribution in [-0.2, 0) is 0 Å². The van der Waals surface area contributed by atoms with Crippen molar-refractivity contribution in [2.45, 2.75) is 45.6 Å². The maximum absolute atomic E-state index is 6.27. The van der Waals surface area contributed by atoms with Gasteiger partial charge < -0.3 is 5.32 Å². The Morgan fingerprint density at radius 1 is 1.22 bits per heavy atom. The smallest absolute Gasteiger partial charge is 0.0722 e. The maximum atomic E-state index is 6.27. The minimum Gasteiger partial charge on any atom is -0.379 e. The molecule has 1 atom stereocenters. The summed E-state index contributed by atoms with van der Waals surface area (Å²) in [5.41, 5.74) is 1.15. The third-order valence-electron chi connectivity index (χ3n) is 3.83. The van der Waals surface area contributed by atoms with Crippen LogP contribution in [-0.4, -0.2) is 6.04 Å². The lowest BCUT2D eigenvalue weighted by Gasteiger charge is -2.40. The number of hydrogen-bond acceptors (Lipinski definition) is 1. The van der Waals surface area contributed by atoms with Crippen molar-refractivity contribution in [2.75, 3.05) is 5.32 Å². The van der Waals surface area contributed by atoms with Crippen LogP contribution in [0.4, 0.5) is 5.69 Å². The second kappa shape index (κ2) is 5.60. The lowest BCUT2D eigenvalue weighted by atomic mass is 9.73. The van der Waals surface area contributed by atoms with Crippen molar-refractivity contribution >= 4 is 44.8 Å². The molecular weight excluding hydrogens is 333 g/mol. The monoisotopic (exact) mass is 349 g/mol. The quantitative estimate of drug-likeness (QED) is 0.675. The SMILES string of the molecule is CC1(C)CCCCC1Nc1c(Cl)cc(Br)cc1Cl. The van der Waals surface area contributed by atoms with Crippen LogP contribution in [0.15, 0.2) is 16.6 Å². The Labute approximate surface area is 127 Å². The van der Waals surface area contributed by atoms with Crippen molar-refractivity contribution in [1.29, 1.82) is 0 Å². The molecule has 18 heavy (non-hydrogen) atoms. The lowest BCUT2D eigenvalue weighted by Crippen LogP contribution is -2.39. The molecule has 0 aromatic heterocycles. The fourth-order valence-electron chi connectivity index (χ4n) is 2.62. The molecule has 1 nitrogen and oxygen atoms in total. The second-order valence-corrected chi connectivity index (χ2v) is 7.41. The van der Waals surface area contributed by atoms with Crippen LogP contribution in [0, 0.1) is 5.41 Å². The highest BCUT2D eigenvalue weighted by Crippen LogP contribution is 2.41. The van der Waals surface area contributed by atoms with Crippen LogP contribution in [0.2, 0.25) is 10.0 Å². The van der Waals surface area contributed by atoms with Crippen molar-refractivity contribution in [3.05, 3.63) is 26.7 Å². The summed E-state index contributed by atoms with van der Waals surface area (Å²) in [4.78, 5) is 0. The van der Waals surface area contributed by atoms with E-state index in [0.29, 0.717) is 16.1 Å². The van der Waals surface area contributed by atoms with Crippen LogP contribution in [0.25, 0.3) is 0 Å². The Hall–Kier alpha value is 0.0800. The van der Waals surface area contributed by atoms with E-state index in [-0.39, 0.29) is 5.41 Å². The van der Waals surface area contributed by atoms with Gasteiger partial charge in [0.2, 0.25) is 0 Å². The van der Waals surface area contributed by atoms with Gasteiger partial charge in [-0.3, -0.25) is 0 Å². The van der Waals surface area contributed by atoms with Gasteiger partial charge in [0.25, 0.3) is 0 Å². The molecule has 1 aliphatic rings. The van der Waals surface area contributed by atoms with Crippen molar-refractivity contribution in [3.8, 4) is 0 Å². The first-order chi connectivity index (χ1) is 8.40. The molecule has 2 rings (SSSR count). The van der Waals surface area contributed by atoms with Crippen molar-refractivity contribution in [1.82, 2.24) is 0 Å². The molecule has 100 valence electrons. The highest BCUT2D eigenvalue weighted by Gasteiger charge is 2.32. The molecule has 4 heteroatoms. The van der Waals surface area contributed by atoms with E-state index in [0.717, 1.165) is 10.2 Å². The van der Waals surface area contributed by atoms with Crippen molar-refractivity contribution < 1.29 is 0 Å². The normalized spacial score (nSPS) is 22.8. The van der Waals surface area contributed by atoms with Gasteiger partial charge in [-0.15, -0.1) is 0 Å². The summed E-state index contributed by atoms with van der Waals surface area (Å²) in [7, 11) is 0. The molecule has 0 radical (unpaired) electrons. The summed E-state index contributed by atoms with van der Waals surface area (Å²) in [6.07, 6.45) is 5.01. The first kappa shape index (κ1) is 14.5. The minimum absolute atomic E-state index is 0.290. The van der Waals surface area contributed by atoms with Gasteiger partial charge in [0.05, 0.1) is 15.7 Å². The molecule has 1 aromatic carbocycles. The van der Waals surface area contributed by atoms with E-state index in [4.69, 9.17) is 23.2 Å². The van der Waals surface area contributed by atoms with Gasteiger partial charge in [-0.1, -0.05) is 65.8 Å². The predicted octanol–water partition coefficient (Wildman–Crippen LogP) is 6.14. The van der Waals surface area contributed by atoms with Crippen molar-refractivity contribution in [3.63, 3.8) is 0 Å².